The van der Waals surface area contributed by atoms with Crippen LogP contribution in [0.15, 0.2) is 0 Å². The second-order valence-corrected chi connectivity index (χ2v) is 8.65. The van der Waals surface area contributed by atoms with Crippen molar-refractivity contribution in [1.82, 2.24) is 8.61 Å². The van der Waals surface area contributed by atoms with Crippen molar-refractivity contribution in [3.8, 4) is 6.07 Å². The number of hydrogen-bond donors (Lipinski definition) is 5. The van der Waals surface area contributed by atoms with E-state index in [1.54, 1.807) is 6.07 Å². The summed E-state index contributed by atoms with van der Waals surface area (Å²) in [7, 11) is -4.33. The highest BCUT2D eigenvalue weighted by molar-refractivity contribution is 7.86. The Morgan fingerprint density at radius 2 is 2.12 bits per heavy atom. The van der Waals surface area contributed by atoms with Crippen LogP contribution in [0.2, 0.25) is 6.32 Å². The van der Waals surface area contributed by atoms with Crippen LogP contribution in [0.5, 0.6) is 0 Å². The van der Waals surface area contributed by atoms with Crippen LogP contribution >= 0.6 is 0 Å². The van der Waals surface area contributed by atoms with E-state index in [2.05, 4.69) is 0 Å². The van der Waals surface area contributed by atoms with Crippen LogP contribution in [0.3, 0.4) is 0 Å². The van der Waals surface area contributed by atoms with Crippen molar-refractivity contribution in [2.45, 2.75) is 43.7 Å². The molecule has 0 aromatic heterocycles. The first-order valence-electron chi connectivity index (χ1n) is 8.14. The molecular formula is C13H26BN5O6S. The molecule has 1 aliphatic heterocycles. The topological polar surface area (TPSA) is 194 Å². The number of carboxylic acid groups (broad SMARTS) is 1. The monoisotopic (exact) mass is 391 g/mol. The van der Waals surface area contributed by atoms with E-state index in [4.69, 9.17) is 26.8 Å². The highest BCUT2D eigenvalue weighted by Gasteiger charge is 2.53. The van der Waals surface area contributed by atoms with Crippen molar-refractivity contribution >= 4 is 23.3 Å². The zero-order chi connectivity index (χ0) is 20.3. The van der Waals surface area contributed by atoms with Crippen molar-refractivity contribution in [2.24, 2.45) is 17.4 Å². The van der Waals surface area contributed by atoms with Gasteiger partial charge in [0.05, 0.1) is 12.1 Å². The summed E-state index contributed by atoms with van der Waals surface area (Å²) in [6.07, 6.45) is 0.546. The predicted octanol–water partition coefficient (Wildman–Crippen LogP) is -2.63. The average Bonchev–Trinajstić information content (AvgIpc) is 2.91. The maximum Gasteiger partial charge on any atom is 0.451 e. The normalized spacial score (nSPS) is 26.5. The van der Waals surface area contributed by atoms with Gasteiger partial charge in [-0.2, -0.15) is 22.3 Å². The van der Waals surface area contributed by atoms with Crippen LogP contribution < -0.4 is 11.5 Å². The summed E-state index contributed by atoms with van der Waals surface area (Å²) < 4.78 is 27.5. The smallest absolute Gasteiger partial charge is 0.451 e. The predicted molar refractivity (Wildman–Crippen MR) is 93.6 cm³/mol. The van der Waals surface area contributed by atoms with Crippen LogP contribution in [0.4, 0.5) is 0 Å². The average molecular weight is 391 g/mol. The Balaban J connectivity index is 3.00. The number of carboxylic acids is 1. The Labute approximate surface area is 153 Å². The molecule has 0 aliphatic carbocycles. The van der Waals surface area contributed by atoms with Gasteiger partial charge in [0.25, 0.3) is 10.2 Å². The number of carbonyl (C=O) groups is 1. The fourth-order valence-electron chi connectivity index (χ4n) is 2.93. The minimum absolute atomic E-state index is 0.0346. The first-order valence-corrected chi connectivity index (χ1v) is 9.54. The SMILES string of the molecule is CC(C(N)C#N)N(C)S(=O)(=O)N1C[C@H](CCCB(O)O)[C@](N)(C(=O)O)C1. The minimum atomic E-state index is -4.08. The van der Waals surface area contributed by atoms with Gasteiger partial charge in [-0.05, 0) is 19.7 Å². The quantitative estimate of drug-likeness (QED) is 0.261. The molecule has 0 amide bonds. The van der Waals surface area contributed by atoms with Crippen molar-refractivity contribution in [3.05, 3.63) is 0 Å². The number of nitrogens with two attached hydrogens (primary N) is 2. The number of nitriles is 1. The number of aliphatic carboxylic acids is 1. The molecule has 13 heteroatoms. The Kier molecular flexibility index (Phi) is 7.55. The van der Waals surface area contributed by atoms with Gasteiger partial charge in [-0.25, -0.2) is 0 Å². The van der Waals surface area contributed by atoms with Gasteiger partial charge in [-0.3, -0.25) is 4.79 Å². The van der Waals surface area contributed by atoms with Gasteiger partial charge in [0.1, 0.15) is 11.6 Å². The van der Waals surface area contributed by atoms with Gasteiger partial charge in [0, 0.05) is 26.1 Å². The molecule has 26 heavy (non-hydrogen) atoms. The summed E-state index contributed by atoms with van der Waals surface area (Å²) in [6, 6.07) is -0.0777. The van der Waals surface area contributed by atoms with Crippen LogP contribution in [-0.4, -0.2) is 83.0 Å². The first-order chi connectivity index (χ1) is 11.9. The van der Waals surface area contributed by atoms with E-state index in [1.807, 2.05) is 0 Å². The van der Waals surface area contributed by atoms with E-state index >= 15 is 0 Å². The zero-order valence-electron chi connectivity index (χ0n) is 14.8. The molecule has 7 N–H and O–H groups in total. The maximum atomic E-state index is 12.8. The third-order valence-electron chi connectivity index (χ3n) is 4.94. The minimum Gasteiger partial charge on any atom is -0.480 e. The summed E-state index contributed by atoms with van der Waals surface area (Å²) in [6.45, 7) is 0.940. The van der Waals surface area contributed by atoms with Crippen LogP contribution in [0.25, 0.3) is 0 Å². The lowest BCUT2D eigenvalue weighted by molar-refractivity contribution is -0.144. The molecule has 0 spiro atoms. The summed E-state index contributed by atoms with van der Waals surface area (Å²) in [5.74, 6) is -2.02. The van der Waals surface area contributed by atoms with Crippen molar-refractivity contribution in [3.63, 3.8) is 0 Å². The molecule has 2 unspecified atom stereocenters. The highest BCUT2D eigenvalue weighted by Crippen LogP contribution is 2.33. The Bertz CT molecular complexity index is 656. The largest absolute Gasteiger partial charge is 0.480 e. The fraction of sp³-hybridized carbons (Fsp3) is 0.846. The van der Waals surface area contributed by atoms with E-state index in [-0.39, 0.29) is 25.7 Å². The van der Waals surface area contributed by atoms with Crippen LogP contribution in [0, 0.1) is 17.2 Å². The third kappa shape index (κ3) is 4.71. The Morgan fingerprint density at radius 3 is 2.58 bits per heavy atom. The summed E-state index contributed by atoms with van der Waals surface area (Å²) in [5.41, 5.74) is 9.79. The number of likely N-dealkylation sites (N-methyl/N-ethyl adjacent to an activating group) is 1. The maximum absolute atomic E-state index is 12.8. The van der Waals surface area contributed by atoms with Crippen LogP contribution in [0.1, 0.15) is 19.8 Å². The summed E-state index contributed by atoms with van der Waals surface area (Å²) in [4.78, 5) is 11.6. The van der Waals surface area contributed by atoms with Crippen molar-refractivity contribution in [2.75, 3.05) is 20.1 Å². The molecule has 0 radical (unpaired) electrons. The van der Waals surface area contributed by atoms with Gasteiger partial charge < -0.3 is 26.6 Å². The molecule has 0 bridgehead atoms. The molecule has 1 aliphatic rings. The number of rotatable bonds is 9. The lowest BCUT2D eigenvalue weighted by Crippen LogP contribution is -2.56. The zero-order valence-corrected chi connectivity index (χ0v) is 15.6. The highest BCUT2D eigenvalue weighted by atomic mass is 32.2. The van der Waals surface area contributed by atoms with Crippen molar-refractivity contribution in [1.29, 1.82) is 5.26 Å². The molecule has 1 fully saturated rings. The molecule has 11 nitrogen and oxygen atoms in total. The van der Waals surface area contributed by atoms with E-state index in [1.165, 1.54) is 14.0 Å². The first kappa shape index (κ1) is 22.8. The Morgan fingerprint density at radius 1 is 1.54 bits per heavy atom. The standard InChI is InChI=1S/C13H26BN5O6S/c1-9(11(16)6-15)18(2)26(24,25)19-7-10(4-3-5-14(22)23)13(17,8-19)12(20)21/h9-11,22-23H,3-5,7-8,16-17H2,1-2H3,(H,20,21)/t9?,10-,11?,13-/m0/s1. The molecule has 0 saturated carbocycles. The molecule has 0 aromatic carbocycles. The second kappa shape index (κ2) is 8.62. The third-order valence-corrected chi connectivity index (χ3v) is 6.93. The van der Waals surface area contributed by atoms with E-state index < -0.39 is 53.4 Å². The van der Waals surface area contributed by atoms with E-state index in [0.717, 1.165) is 8.61 Å². The Hall–Kier alpha value is -1.27. The van der Waals surface area contributed by atoms with Gasteiger partial charge in [0.15, 0.2) is 0 Å². The van der Waals surface area contributed by atoms with Gasteiger partial charge in [-0.1, -0.05) is 6.42 Å². The molecule has 1 rings (SSSR count). The number of nitrogens with zero attached hydrogens (tertiary/aromatic N) is 3. The summed E-state index contributed by atoms with van der Waals surface area (Å²) in [5, 5.41) is 36.2. The number of hydrogen-bond acceptors (Lipinski definition) is 8. The van der Waals surface area contributed by atoms with E-state index in [9.17, 15) is 18.3 Å². The van der Waals surface area contributed by atoms with Gasteiger partial charge >= 0.3 is 13.1 Å². The van der Waals surface area contributed by atoms with Gasteiger partial charge in [0.2, 0.25) is 0 Å². The second-order valence-electron chi connectivity index (χ2n) is 6.67. The molecule has 148 valence electrons. The summed E-state index contributed by atoms with van der Waals surface area (Å²) >= 11 is 0. The van der Waals surface area contributed by atoms with Crippen LogP contribution in [-0.2, 0) is 15.0 Å². The molecule has 0 aromatic rings. The molecule has 1 heterocycles. The molecular weight excluding hydrogens is 365 g/mol. The fourth-order valence-corrected chi connectivity index (χ4v) is 4.59. The van der Waals surface area contributed by atoms with Crippen molar-refractivity contribution < 1.29 is 28.4 Å². The molecule has 1 saturated heterocycles. The molecule has 4 atom stereocenters. The van der Waals surface area contributed by atoms with Gasteiger partial charge in [-0.15, -0.1) is 0 Å². The van der Waals surface area contributed by atoms with E-state index in [0.29, 0.717) is 0 Å². The lowest BCUT2D eigenvalue weighted by Gasteiger charge is -2.30. The lowest BCUT2D eigenvalue weighted by atomic mass is 9.78.